The molecule has 1 aromatic carbocycles. The van der Waals surface area contributed by atoms with E-state index < -0.39 is 12.1 Å². The van der Waals surface area contributed by atoms with Crippen LogP contribution < -0.4 is 5.73 Å². The number of halogens is 3. The molecular formula is C14H19F3N2. The number of anilines is 1. The number of nitrogens with two attached hydrogens (primary N) is 1. The van der Waals surface area contributed by atoms with E-state index in [1.54, 1.807) is 0 Å². The van der Waals surface area contributed by atoms with E-state index in [1.807, 2.05) is 29.2 Å². The molecule has 0 aliphatic carbocycles. The summed E-state index contributed by atoms with van der Waals surface area (Å²) in [6.07, 6.45) is -2.48. The maximum Gasteiger partial charge on any atom is 0.393 e. The standard InChI is InChI=1S/C14H19F3N2/c15-14(16,17)12-5-3-8-19(10-12)9-7-11-4-1-2-6-13(11)18/h1-2,4,6,12H,3,5,7-10,18H2. The van der Waals surface area contributed by atoms with Crippen LogP contribution >= 0.6 is 0 Å². The van der Waals surface area contributed by atoms with Crippen molar-refractivity contribution >= 4 is 5.69 Å². The van der Waals surface area contributed by atoms with Gasteiger partial charge in [-0.05, 0) is 37.4 Å². The lowest BCUT2D eigenvalue weighted by Gasteiger charge is -2.33. The zero-order valence-corrected chi connectivity index (χ0v) is 10.8. The third-order valence-corrected chi connectivity index (χ3v) is 3.72. The molecule has 0 bridgehead atoms. The van der Waals surface area contributed by atoms with E-state index in [9.17, 15) is 13.2 Å². The van der Waals surface area contributed by atoms with Crippen LogP contribution in [0.3, 0.4) is 0 Å². The maximum atomic E-state index is 12.7. The predicted octanol–water partition coefficient (Wildman–Crippen LogP) is 3.09. The van der Waals surface area contributed by atoms with E-state index in [4.69, 9.17) is 5.73 Å². The highest BCUT2D eigenvalue weighted by Crippen LogP contribution is 2.33. The molecule has 1 fully saturated rings. The summed E-state index contributed by atoms with van der Waals surface area (Å²) in [6, 6.07) is 7.52. The number of rotatable bonds is 3. The third kappa shape index (κ3) is 3.86. The summed E-state index contributed by atoms with van der Waals surface area (Å²) in [5.74, 6) is -1.17. The molecule has 1 unspecified atom stereocenters. The van der Waals surface area contributed by atoms with Gasteiger partial charge in [0.05, 0.1) is 5.92 Å². The van der Waals surface area contributed by atoms with Crippen molar-refractivity contribution in [1.29, 1.82) is 0 Å². The topological polar surface area (TPSA) is 29.3 Å². The minimum Gasteiger partial charge on any atom is -0.399 e. The van der Waals surface area contributed by atoms with Crippen molar-refractivity contribution < 1.29 is 13.2 Å². The molecule has 1 atom stereocenters. The third-order valence-electron chi connectivity index (χ3n) is 3.72. The molecule has 106 valence electrons. The zero-order valence-electron chi connectivity index (χ0n) is 10.8. The fourth-order valence-electron chi connectivity index (χ4n) is 2.57. The summed E-state index contributed by atoms with van der Waals surface area (Å²) in [5, 5.41) is 0. The Labute approximate surface area is 111 Å². The van der Waals surface area contributed by atoms with Crippen LogP contribution in [-0.4, -0.2) is 30.7 Å². The molecule has 0 saturated carbocycles. The minimum absolute atomic E-state index is 0.121. The lowest BCUT2D eigenvalue weighted by molar-refractivity contribution is -0.186. The summed E-state index contributed by atoms with van der Waals surface area (Å²) in [7, 11) is 0. The Kier molecular flexibility index (Phi) is 4.34. The second kappa shape index (κ2) is 5.82. The Morgan fingerprint density at radius 1 is 1.26 bits per heavy atom. The first-order valence-corrected chi connectivity index (χ1v) is 6.59. The number of hydrogen-bond donors (Lipinski definition) is 1. The zero-order chi connectivity index (χ0) is 13.9. The lowest BCUT2D eigenvalue weighted by atomic mass is 9.97. The average Bonchev–Trinajstić information content (AvgIpc) is 2.37. The summed E-state index contributed by atoms with van der Waals surface area (Å²) < 4.78 is 38.1. The molecule has 19 heavy (non-hydrogen) atoms. The van der Waals surface area contributed by atoms with Crippen LogP contribution in [0.5, 0.6) is 0 Å². The van der Waals surface area contributed by atoms with Gasteiger partial charge in [0.25, 0.3) is 0 Å². The summed E-state index contributed by atoms with van der Waals surface area (Å²) in [5.41, 5.74) is 7.56. The highest BCUT2D eigenvalue weighted by Gasteiger charge is 2.41. The van der Waals surface area contributed by atoms with Crippen molar-refractivity contribution in [2.45, 2.75) is 25.4 Å². The van der Waals surface area contributed by atoms with Gasteiger partial charge in [-0.3, -0.25) is 0 Å². The Morgan fingerprint density at radius 2 is 2.00 bits per heavy atom. The van der Waals surface area contributed by atoms with Gasteiger partial charge in [-0.1, -0.05) is 18.2 Å². The van der Waals surface area contributed by atoms with E-state index in [1.165, 1.54) is 0 Å². The number of likely N-dealkylation sites (tertiary alicyclic amines) is 1. The fraction of sp³-hybridized carbons (Fsp3) is 0.571. The largest absolute Gasteiger partial charge is 0.399 e. The smallest absolute Gasteiger partial charge is 0.393 e. The fourth-order valence-corrected chi connectivity index (χ4v) is 2.57. The molecule has 2 rings (SSSR count). The van der Waals surface area contributed by atoms with E-state index in [-0.39, 0.29) is 13.0 Å². The summed E-state index contributed by atoms with van der Waals surface area (Å²) in [4.78, 5) is 1.90. The summed E-state index contributed by atoms with van der Waals surface area (Å²) in [6.45, 7) is 1.51. The SMILES string of the molecule is Nc1ccccc1CCN1CCCC(C(F)(F)F)C1. The molecule has 5 heteroatoms. The summed E-state index contributed by atoms with van der Waals surface area (Å²) >= 11 is 0. The second-order valence-electron chi connectivity index (χ2n) is 5.13. The number of piperidine rings is 1. The van der Waals surface area contributed by atoms with Gasteiger partial charge in [-0.15, -0.1) is 0 Å². The van der Waals surface area contributed by atoms with Gasteiger partial charge in [0, 0.05) is 18.8 Å². The molecule has 1 saturated heterocycles. The molecule has 0 aromatic heterocycles. The Bertz CT molecular complexity index is 417. The molecule has 0 amide bonds. The van der Waals surface area contributed by atoms with Gasteiger partial charge < -0.3 is 10.6 Å². The number of nitrogen functional groups attached to an aromatic ring is 1. The van der Waals surface area contributed by atoms with Crippen LogP contribution in [0.1, 0.15) is 18.4 Å². The van der Waals surface area contributed by atoms with Crippen LogP contribution in [0.2, 0.25) is 0 Å². The van der Waals surface area contributed by atoms with Gasteiger partial charge in [0.1, 0.15) is 0 Å². The predicted molar refractivity (Wildman–Crippen MR) is 69.8 cm³/mol. The number of hydrogen-bond acceptors (Lipinski definition) is 2. The van der Waals surface area contributed by atoms with Gasteiger partial charge >= 0.3 is 6.18 Å². The minimum atomic E-state index is -4.07. The first-order chi connectivity index (χ1) is 8.97. The highest BCUT2D eigenvalue weighted by atomic mass is 19.4. The molecular weight excluding hydrogens is 253 g/mol. The second-order valence-corrected chi connectivity index (χ2v) is 5.13. The van der Waals surface area contributed by atoms with E-state index in [0.717, 1.165) is 12.1 Å². The van der Waals surface area contributed by atoms with Gasteiger partial charge in [-0.25, -0.2) is 0 Å². The average molecular weight is 272 g/mol. The monoisotopic (exact) mass is 272 g/mol. The van der Waals surface area contributed by atoms with E-state index in [2.05, 4.69) is 0 Å². The van der Waals surface area contributed by atoms with Crippen molar-refractivity contribution in [3.63, 3.8) is 0 Å². The van der Waals surface area contributed by atoms with Crippen molar-refractivity contribution in [3.8, 4) is 0 Å². The molecule has 0 radical (unpaired) electrons. The Morgan fingerprint density at radius 3 is 2.68 bits per heavy atom. The van der Waals surface area contributed by atoms with Crippen LogP contribution in [0, 0.1) is 5.92 Å². The molecule has 0 spiro atoms. The van der Waals surface area contributed by atoms with Gasteiger partial charge in [0.2, 0.25) is 0 Å². The first kappa shape index (κ1) is 14.2. The van der Waals surface area contributed by atoms with Gasteiger partial charge in [0.15, 0.2) is 0 Å². The lowest BCUT2D eigenvalue weighted by Crippen LogP contribution is -2.42. The van der Waals surface area contributed by atoms with E-state index >= 15 is 0 Å². The molecule has 2 nitrogen and oxygen atoms in total. The number of para-hydroxylation sites is 1. The van der Waals surface area contributed by atoms with Crippen LogP contribution in [0.4, 0.5) is 18.9 Å². The number of alkyl halides is 3. The quantitative estimate of drug-likeness (QED) is 0.857. The molecule has 2 N–H and O–H groups in total. The molecule has 1 aliphatic rings. The number of nitrogens with zero attached hydrogens (tertiary/aromatic N) is 1. The highest BCUT2D eigenvalue weighted by molar-refractivity contribution is 5.46. The number of benzene rings is 1. The van der Waals surface area contributed by atoms with E-state index in [0.29, 0.717) is 25.1 Å². The molecule has 1 aromatic rings. The first-order valence-electron chi connectivity index (χ1n) is 6.59. The molecule has 1 aliphatic heterocycles. The Hall–Kier alpha value is -1.23. The van der Waals surface area contributed by atoms with Crippen LogP contribution in [0.25, 0.3) is 0 Å². The van der Waals surface area contributed by atoms with Crippen molar-refractivity contribution in [2.24, 2.45) is 5.92 Å². The van der Waals surface area contributed by atoms with Gasteiger partial charge in [-0.2, -0.15) is 13.2 Å². The maximum absolute atomic E-state index is 12.7. The normalized spacial score (nSPS) is 21.5. The molecule has 1 heterocycles. The van der Waals surface area contributed by atoms with Crippen molar-refractivity contribution in [1.82, 2.24) is 4.90 Å². The van der Waals surface area contributed by atoms with Crippen molar-refractivity contribution in [2.75, 3.05) is 25.4 Å². The van der Waals surface area contributed by atoms with Crippen LogP contribution in [-0.2, 0) is 6.42 Å². The van der Waals surface area contributed by atoms with Crippen LogP contribution in [0.15, 0.2) is 24.3 Å². The Balaban J connectivity index is 1.88. The van der Waals surface area contributed by atoms with Crippen molar-refractivity contribution in [3.05, 3.63) is 29.8 Å².